The van der Waals surface area contributed by atoms with Crippen molar-refractivity contribution in [3.8, 4) is 0 Å². The van der Waals surface area contributed by atoms with Crippen LogP contribution in [-0.2, 0) is 31.1 Å². The quantitative estimate of drug-likeness (QED) is 0.222. The van der Waals surface area contributed by atoms with Crippen LogP contribution < -0.4 is 15.4 Å². The highest BCUT2D eigenvalue weighted by molar-refractivity contribution is 8.04. The molecule has 2 N–H and O–H groups in total. The van der Waals surface area contributed by atoms with Gasteiger partial charge in [-0.3, -0.25) is 0 Å². The van der Waals surface area contributed by atoms with Crippen molar-refractivity contribution in [1.82, 2.24) is 0 Å². The summed E-state index contributed by atoms with van der Waals surface area (Å²) in [6, 6.07) is 12.3. The maximum absolute atomic E-state index is 11.7. The fraction of sp³-hybridized carbons (Fsp3) is 0.348. The van der Waals surface area contributed by atoms with Crippen molar-refractivity contribution in [1.29, 1.82) is 0 Å². The number of benzene rings is 2. The third-order valence-corrected chi connectivity index (χ3v) is 9.81. The van der Waals surface area contributed by atoms with Crippen molar-refractivity contribution >= 4 is 65.3 Å². The molecule has 0 saturated carbocycles. The van der Waals surface area contributed by atoms with E-state index in [1.54, 1.807) is 23.1 Å². The van der Waals surface area contributed by atoms with Crippen molar-refractivity contribution in [2.24, 2.45) is 5.90 Å². The molecule has 36 heavy (non-hydrogen) atoms. The molecule has 1 aliphatic heterocycles. The van der Waals surface area contributed by atoms with Crippen LogP contribution in [0.3, 0.4) is 0 Å². The van der Waals surface area contributed by atoms with E-state index in [-0.39, 0.29) is 12.2 Å². The van der Waals surface area contributed by atoms with Crippen LogP contribution in [0.1, 0.15) is 29.0 Å². The minimum absolute atomic E-state index is 0.203. The first-order valence-electron chi connectivity index (χ1n) is 11.2. The molecule has 2 aromatic carbocycles. The number of aromatic nitrogens is 1. The smallest absolute Gasteiger partial charge is 0.283 e. The highest BCUT2D eigenvalue weighted by atomic mass is 32.2. The molecule has 0 bridgehead atoms. The topological polar surface area (TPSA) is 134 Å². The fourth-order valence-corrected chi connectivity index (χ4v) is 7.40. The van der Waals surface area contributed by atoms with E-state index in [1.807, 2.05) is 48.8 Å². The average molecular weight is 570 g/mol. The van der Waals surface area contributed by atoms with E-state index in [9.17, 15) is 21.4 Å². The average Bonchev–Trinajstić information content (AvgIpc) is 3.30. The molecule has 0 aliphatic carbocycles. The van der Waals surface area contributed by atoms with E-state index in [1.165, 1.54) is 0 Å². The molecule has 2 heterocycles. The van der Waals surface area contributed by atoms with Crippen molar-refractivity contribution in [2.45, 2.75) is 38.1 Å². The maximum atomic E-state index is 11.7. The molecule has 9 nitrogen and oxygen atoms in total. The van der Waals surface area contributed by atoms with Gasteiger partial charge in [0.25, 0.3) is 15.1 Å². The van der Waals surface area contributed by atoms with Gasteiger partial charge in [0.1, 0.15) is 4.70 Å². The predicted molar refractivity (Wildman–Crippen MR) is 142 cm³/mol. The molecule has 0 atom stereocenters. The Morgan fingerprint density at radius 2 is 1.78 bits per heavy atom. The van der Waals surface area contributed by atoms with Gasteiger partial charge in [0, 0.05) is 29.7 Å². The highest BCUT2D eigenvalue weighted by Crippen LogP contribution is 2.47. The Bertz CT molecular complexity index is 1530. The fourth-order valence-electron chi connectivity index (χ4n) is 4.05. The van der Waals surface area contributed by atoms with Crippen LogP contribution in [0, 0.1) is 13.8 Å². The molecule has 1 aromatic heterocycles. The molecule has 194 valence electrons. The molecule has 0 fully saturated rings. The van der Waals surface area contributed by atoms with Crippen LogP contribution in [0.4, 0.5) is 5.69 Å². The van der Waals surface area contributed by atoms with Gasteiger partial charge in [-0.25, -0.2) is 8.42 Å². The number of thioether (sulfide) groups is 1. The number of hydrogen-bond acceptors (Lipinski definition) is 10. The SMILES string of the molecule is Cc1ccc2c(c1)N(CCCS(=O)(=O)ON)C(=Cc1sc3ccc(C)cc3[n+]1CCCS(=O)(=O)[O-])S2. The lowest BCUT2D eigenvalue weighted by Gasteiger charge is -2.20. The van der Waals surface area contributed by atoms with Crippen LogP contribution in [0.15, 0.2) is 46.3 Å². The van der Waals surface area contributed by atoms with E-state index >= 15 is 0 Å². The van der Waals surface area contributed by atoms with E-state index in [2.05, 4.69) is 21.3 Å². The Morgan fingerprint density at radius 3 is 2.50 bits per heavy atom. The third kappa shape index (κ3) is 6.46. The molecule has 1 aliphatic rings. The van der Waals surface area contributed by atoms with E-state index in [4.69, 9.17) is 5.90 Å². The Labute approximate surface area is 219 Å². The number of aryl methyl sites for hydroxylation is 3. The van der Waals surface area contributed by atoms with Gasteiger partial charge >= 0.3 is 0 Å². The Kier molecular flexibility index (Phi) is 8.10. The standard InChI is InChI=1S/C23H27N3O6S4/c1-16-5-7-20-18(13-16)25(9-3-11-35(27,28)29)22(33-20)15-23-26(10-4-12-36(30,31)32-24)19-14-17(2)6-8-21(19)34-23/h5-8,13-15H,3-4,9-12,24H2,1-2H3. The number of nitrogens with two attached hydrogens (primary N) is 1. The number of hydrogen-bond donors (Lipinski definition) is 1. The van der Waals surface area contributed by atoms with E-state index < -0.39 is 26.0 Å². The number of anilines is 1. The summed E-state index contributed by atoms with van der Waals surface area (Å²) in [5.41, 5.74) is 4.14. The summed E-state index contributed by atoms with van der Waals surface area (Å²) < 4.78 is 64.2. The summed E-state index contributed by atoms with van der Waals surface area (Å²) in [4.78, 5) is 3.15. The molecule has 0 unspecified atom stereocenters. The molecule has 3 aromatic rings. The first-order valence-corrected chi connectivity index (χ1v) is 16.0. The molecular formula is C23H27N3O6S4. The van der Waals surface area contributed by atoms with Crippen LogP contribution >= 0.6 is 23.1 Å². The van der Waals surface area contributed by atoms with Crippen LogP contribution in [-0.4, -0.2) is 39.4 Å². The lowest BCUT2D eigenvalue weighted by atomic mass is 10.2. The largest absolute Gasteiger partial charge is 0.748 e. The second kappa shape index (κ2) is 10.8. The summed E-state index contributed by atoms with van der Waals surface area (Å²) in [5.74, 6) is 4.25. The summed E-state index contributed by atoms with van der Waals surface area (Å²) >= 11 is 3.17. The van der Waals surface area contributed by atoms with Gasteiger partial charge in [0.15, 0.2) is 6.54 Å². The third-order valence-electron chi connectivity index (χ3n) is 5.72. The van der Waals surface area contributed by atoms with Crippen molar-refractivity contribution < 1.29 is 30.2 Å². The van der Waals surface area contributed by atoms with Crippen molar-refractivity contribution in [2.75, 3.05) is 23.0 Å². The van der Waals surface area contributed by atoms with Crippen molar-refractivity contribution in [3.05, 3.63) is 57.6 Å². The minimum Gasteiger partial charge on any atom is -0.748 e. The molecular weight excluding hydrogens is 543 g/mol. The van der Waals surface area contributed by atoms with Crippen LogP contribution in [0.5, 0.6) is 0 Å². The zero-order valence-electron chi connectivity index (χ0n) is 19.8. The van der Waals surface area contributed by atoms with Crippen LogP contribution in [0.2, 0.25) is 0 Å². The lowest BCUT2D eigenvalue weighted by molar-refractivity contribution is -0.668. The monoisotopic (exact) mass is 569 g/mol. The zero-order chi connectivity index (χ0) is 26.1. The second-order valence-corrected chi connectivity index (χ2v) is 14.0. The molecule has 0 amide bonds. The summed E-state index contributed by atoms with van der Waals surface area (Å²) in [6.07, 6.45) is 2.57. The minimum atomic E-state index is -4.30. The van der Waals surface area contributed by atoms with E-state index in [0.717, 1.165) is 42.0 Å². The number of thiazole rings is 1. The number of nitrogens with zero attached hydrogens (tertiary/aromatic N) is 2. The molecule has 0 radical (unpaired) electrons. The van der Waals surface area contributed by atoms with Gasteiger partial charge < -0.3 is 9.45 Å². The second-order valence-electron chi connectivity index (χ2n) is 8.60. The normalized spacial score (nSPS) is 15.2. The number of fused-ring (bicyclic) bond motifs is 2. The maximum Gasteiger partial charge on any atom is 0.283 e. The van der Waals surface area contributed by atoms with Gasteiger partial charge in [0.2, 0.25) is 5.52 Å². The first kappa shape index (κ1) is 27.0. The summed E-state index contributed by atoms with van der Waals surface area (Å²) in [7, 11) is -8.08. The van der Waals surface area contributed by atoms with Gasteiger partial charge in [0.05, 0.1) is 32.7 Å². The molecule has 0 saturated heterocycles. The van der Waals surface area contributed by atoms with Gasteiger partial charge in [-0.1, -0.05) is 35.2 Å². The van der Waals surface area contributed by atoms with Gasteiger partial charge in [-0.15, -0.1) is 0 Å². The van der Waals surface area contributed by atoms with E-state index in [0.29, 0.717) is 19.5 Å². The summed E-state index contributed by atoms with van der Waals surface area (Å²) in [6.45, 7) is 4.82. The summed E-state index contributed by atoms with van der Waals surface area (Å²) in [5, 5.41) is 1.84. The van der Waals surface area contributed by atoms with Gasteiger partial charge in [-0.05, 0) is 49.6 Å². The van der Waals surface area contributed by atoms with Gasteiger partial charge in [-0.2, -0.15) is 23.2 Å². The Hall–Kier alpha value is -2.00. The van der Waals surface area contributed by atoms with Crippen LogP contribution in [0.25, 0.3) is 16.3 Å². The zero-order valence-corrected chi connectivity index (χ0v) is 23.1. The lowest BCUT2D eigenvalue weighted by Crippen LogP contribution is -2.36. The predicted octanol–water partition coefficient (Wildman–Crippen LogP) is 3.26. The Morgan fingerprint density at radius 1 is 1.06 bits per heavy atom. The molecule has 0 spiro atoms. The molecule has 4 rings (SSSR count). The first-order chi connectivity index (χ1) is 17.0. The Balaban J connectivity index is 1.72. The molecule has 13 heteroatoms. The highest BCUT2D eigenvalue weighted by Gasteiger charge is 2.28. The van der Waals surface area contributed by atoms with Crippen molar-refractivity contribution in [3.63, 3.8) is 0 Å². The number of rotatable bonds is 10.